The van der Waals surface area contributed by atoms with Crippen LogP contribution in [-0.2, 0) is 4.79 Å². The highest BCUT2D eigenvalue weighted by Crippen LogP contribution is 2.20. The maximum atomic E-state index is 12.3. The third kappa shape index (κ3) is 5.24. The zero-order valence-electron chi connectivity index (χ0n) is 16.2. The monoisotopic (exact) mass is 400 g/mol. The van der Waals surface area contributed by atoms with Crippen molar-refractivity contribution in [2.75, 3.05) is 57.0 Å². The van der Waals surface area contributed by atoms with E-state index in [0.717, 1.165) is 36.9 Å². The maximum Gasteiger partial charge on any atom is 0.253 e. The van der Waals surface area contributed by atoms with Crippen LogP contribution in [0.3, 0.4) is 0 Å². The van der Waals surface area contributed by atoms with Crippen LogP contribution in [-0.4, -0.2) is 68.4 Å². The number of carbonyl (C=O) groups excluding carboxylic acids is 2. The van der Waals surface area contributed by atoms with Crippen LogP contribution in [0.25, 0.3) is 0 Å². The molecule has 148 valence electrons. The first kappa shape index (κ1) is 20.2. The SMILES string of the molecule is CN(C)C(=O)c1ccc(NC(=O)CN2CCN(c3cccc(Cl)c3)CC2)cc1. The zero-order valence-corrected chi connectivity index (χ0v) is 16.9. The highest BCUT2D eigenvalue weighted by Gasteiger charge is 2.19. The third-order valence-corrected chi connectivity index (χ3v) is 4.97. The molecule has 1 aliphatic rings. The van der Waals surface area contributed by atoms with Crippen molar-refractivity contribution in [3.8, 4) is 0 Å². The number of halogens is 1. The first-order chi connectivity index (χ1) is 13.4. The molecule has 1 fully saturated rings. The van der Waals surface area contributed by atoms with Gasteiger partial charge in [0.1, 0.15) is 0 Å². The van der Waals surface area contributed by atoms with Crippen molar-refractivity contribution < 1.29 is 9.59 Å². The Kier molecular flexibility index (Phi) is 6.54. The van der Waals surface area contributed by atoms with Gasteiger partial charge in [0, 0.05) is 62.2 Å². The van der Waals surface area contributed by atoms with Gasteiger partial charge in [0.15, 0.2) is 0 Å². The molecule has 0 aliphatic carbocycles. The van der Waals surface area contributed by atoms with Gasteiger partial charge in [0.05, 0.1) is 6.54 Å². The number of hydrogen-bond acceptors (Lipinski definition) is 4. The summed E-state index contributed by atoms with van der Waals surface area (Å²) in [5.74, 6) is -0.113. The summed E-state index contributed by atoms with van der Waals surface area (Å²) >= 11 is 6.07. The van der Waals surface area contributed by atoms with Crippen molar-refractivity contribution in [1.29, 1.82) is 0 Å². The number of piperazine rings is 1. The lowest BCUT2D eigenvalue weighted by Crippen LogP contribution is -2.48. The summed E-state index contributed by atoms with van der Waals surface area (Å²) in [4.78, 5) is 30.2. The molecule has 2 amide bonds. The second-order valence-electron chi connectivity index (χ2n) is 7.07. The quantitative estimate of drug-likeness (QED) is 0.838. The van der Waals surface area contributed by atoms with Crippen molar-refractivity contribution in [2.45, 2.75) is 0 Å². The fourth-order valence-corrected chi connectivity index (χ4v) is 3.38. The number of hydrogen-bond donors (Lipinski definition) is 1. The minimum Gasteiger partial charge on any atom is -0.369 e. The standard InChI is InChI=1S/C21H25ClN4O2/c1-24(2)21(28)16-6-8-18(9-7-16)23-20(27)15-25-10-12-26(13-11-25)19-5-3-4-17(22)14-19/h3-9,14H,10-13,15H2,1-2H3,(H,23,27). The molecule has 28 heavy (non-hydrogen) atoms. The summed E-state index contributed by atoms with van der Waals surface area (Å²) in [7, 11) is 3.42. The number of rotatable bonds is 5. The summed E-state index contributed by atoms with van der Waals surface area (Å²) < 4.78 is 0. The lowest BCUT2D eigenvalue weighted by Gasteiger charge is -2.35. The predicted octanol–water partition coefficient (Wildman–Crippen LogP) is 2.80. The van der Waals surface area contributed by atoms with Crippen molar-refractivity contribution in [1.82, 2.24) is 9.80 Å². The summed E-state index contributed by atoms with van der Waals surface area (Å²) in [6.45, 7) is 3.69. The number of nitrogens with one attached hydrogen (secondary N) is 1. The van der Waals surface area contributed by atoms with Gasteiger partial charge in [-0.2, -0.15) is 0 Å². The summed E-state index contributed by atoms with van der Waals surface area (Å²) in [5.41, 5.74) is 2.40. The lowest BCUT2D eigenvalue weighted by atomic mass is 10.2. The van der Waals surface area contributed by atoms with Gasteiger partial charge in [-0.15, -0.1) is 0 Å². The largest absolute Gasteiger partial charge is 0.369 e. The van der Waals surface area contributed by atoms with Gasteiger partial charge < -0.3 is 15.1 Å². The van der Waals surface area contributed by atoms with E-state index in [0.29, 0.717) is 17.8 Å². The molecule has 0 bridgehead atoms. The smallest absolute Gasteiger partial charge is 0.253 e. The molecule has 1 N–H and O–H groups in total. The van der Waals surface area contributed by atoms with Gasteiger partial charge in [0.25, 0.3) is 5.91 Å². The van der Waals surface area contributed by atoms with Gasteiger partial charge in [-0.3, -0.25) is 14.5 Å². The number of amides is 2. The van der Waals surface area contributed by atoms with Crippen LogP contribution in [0.2, 0.25) is 5.02 Å². The Hall–Kier alpha value is -2.57. The second kappa shape index (κ2) is 9.08. The van der Waals surface area contributed by atoms with Gasteiger partial charge in [0.2, 0.25) is 5.91 Å². The minimum absolute atomic E-state index is 0.0529. The fourth-order valence-electron chi connectivity index (χ4n) is 3.19. The second-order valence-corrected chi connectivity index (χ2v) is 7.50. The molecule has 0 atom stereocenters. The molecule has 7 heteroatoms. The van der Waals surface area contributed by atoms with E-state index in [1.54, 1.807) is 38.4 Å². The molecule has 6 nitrogen and oxygen atoms in total. The fraction of sp³-hybridized carbons (Fsp3) is 0.333. The average molecular weight is 401 g/mol. The summed E-state index contributed by atoms with van der Waals surface area (Å²) in [5, 5.41) is 3.63. The van der Waals surface area contributed by atoms with Crippen LogP contribution < -0.4 is 10.2 Å². The van der Waals surface area contributed by atoms with E-state index < -0.39 is 0 Å². The zero-order chi connectivity index (χ0) is 20.1. The van der Waals surface area contributed by atoms with E-state index in [1.165, 1.54) is 4.90 Å². The van der Waals surface area contributed by atoms with E-state index in [-0.39, 0.29) is 11.8 Å². The van der Waals surface area contributed by atoms with Crippen LogP contribution in [0.4, 0.5) is 11.4 Å². The topological polar surface area (TPSA) is 55.9 Å². The predicted molar refractivity (Wildman–Crippen MR) is 113 cm³/mol. The Labute approximate surface area is 170 Å². The minimum atomic E-state index is -0.0598. The molecule has 1 heterocycles. The number of anilines is 2. The van der Waals surface area contributed by atoms with Crippen LogP contribution in [0.15, 0.2) is 48.5 Å². The lowest BCUT2D eigenvalue weighted by molar-refractivity contribution is -0.117. The summed E-state index contributed by atoms with van der Waals surface area (Å²) in [6, 6.07) is 14.8. The number of benzene rings is 2. The molecule has 0 saturated carbocycles. The van der Waals surface area contributed by atoms with Crippen molar-refractivity contribution in [3.63, 3.8) is 0 Å². The Balaban J connectivity index is 1.47. The van der Waals surface area contributed by atoms with Crippen molar-refractivity contribution >= 4 is 34.8 Å². The Morgan fingerprint density at radius 3 is 2.32 bits per heavy atom. The molecule has 1 aliphatic heterocycles. The Bertz CT molecular complexity index is 831. The molecular weight excluding hydrogens is 376 g/mol. The van der Waals surface area contributed by atoms with Gasteiger partial charge >= 0.3 is 0 Å². The van der Waals surface area contributed by atoms with E-state index in [1.807, 2.05) is 18.2 Å². The molecule has 0 spiro atoms. The van der Waals surface area contributed by atoms with Crippen molar-refractivity contribution in [2.24, 2.45) is 0 Å². The van der Waals surface area contributed by atoms with E-state index in [2.05, 4.69) is 21.2 Å². The Morgan fingerprint density at radius 2 is 1.71 bits per heavy atom. The summed E-state index contributed by atoms with van der Waals surface area (Å²) in [6.07, 6.45) is 0. The maximum absolute atomic E-state index is 12.3. The van der Waals surface area contributed by atoms with E-state index in [4.69, 9.17) is 11.6 Å². The number of carbonyl (C=O) groups is 2. The van der Waals surface area contributed by atoms with Gasteiger partial charge in [-0.1, -0.05) is 17.7 Å². The third-order valence-electron chi connectivity index (χ3n) is 4.73. The molecule has 1 saturated heterocycles. The van der Waals surface area contributed by atoms with Crippen LogP contribution in [0.1, 0.15) is 10.4 Å². The molecule has 3 rings (SSSR count). The van der Waals surface area contributed by atoms with E-state index >= 15 is 0 Å². The molecular formula is C21H25ClN4O2. The average Bonchev–Trinajstić information content (AvgIpc) is 2.68. The highest BCUT2D eigenvalue weighted by atomic mass is 35.5. The van der Waals surface area contributed by atoms with E-state index in [9.17, 15) is 9.59 Å². The van der Waals surface area contributed by atoms with Crippen molar-refractivity contribution in [3.05, 3.63) is 59.1 Å². The van der Waals surface area contributed by atoms with Gasteiger partial charge in [-0.05, 0) is 42.5 Å². The Morgan fingerprint density at radius 1 is 1.04 bits per heavy atom. The molecule has 2 aromatic carbocycles. The normalized spacial score (nSPS) is 14.6. The molecule has 0 unspecified atom stereocenters. The first-order valence-electron chi connectivity index (χ1n) is 9.27. The molecule has 2 aromatic rings. The highest BCUT2D eigenvalue weighted by molar-refractivity contribution is 6.30. The van der Waals surface area contributed by atoms with Crippen LogP contribution in [0.5, 0.6) is 0 Å². The molecule has 0 radical (unpaired) electrons. The van der Waals surface area contributed by atoms with Crippen LogP contribution in [0, 0.1) is 0 Å². The van der Waals surface area contributed by atoms with Crippen LogP contribution >= 0.6 is 11.6 Å². The molecule has 0 aromatic heterocycles. The number of nitrogens with zero attached hydrogens (tertiary/aromatic N) is 3. The van der Waals surface area contributed by atoms with Gasteiger partial charge in [-0.25, -0.2) is 0 Å². The first-order valence-corrected chi connectivity index (χ1v) is 9.64.